The van der Waals surface area contributed by atoms with Gasteiger partial charge in [0.15, 0.2) is 17.3 Å². The molecule has 0 saturated carbocycles. The number of aromatic amines is 1. The van der Waals surface area contributed by atoms with E-state index >= 15 is 0 Å². The summed E-state index contributed by atoms with van der Waals surface area (Å²) in [5, 5.41) is 10.8. The van der Waals surface area contributed by atoms with Gasteiger partial charge in [0.05, 0.1) is 31.2 Å². The van der Waals surface area contributed by atoms with Crippen LogP contribution >= 0.6 is 0 Å². The highest BCUT2D eigenvalue weighted by Crippen LogP contribution is 2.32. The number of benzene rings is 2. The molecule has 1 aliphatic rings. The normalized spacial score (nSPS) is 14.8. The molecule has 0 spiro atoms. The third-order valence-corrected chi connectivity index (χ3v) is 4.73. The van der Waals surface area contributed by atoms with E-state index in [9.17, 15) is 9.90 Å². The van der Waals surface area contributed by atoms with E-state index in [1.807, 2.05) is 43.4 Å². The van der Waals surface area contributed by atoms with Crippen LogP contribution in [0.25, 0.3) is 10.9 Å². The number of rotatable bonds is 8. The van der Waals surface area contributed by atoms with Gasteiger partial charge in [-0.3, -0.25) is 4.79 Å². The van der Waals surface area contributed by atoms with Gasteiger partial charge in [0, 0.05) is 0 Å². The van der Waals surface area contributed by atoms with Gasteiger partial charge in [-0.25, -0.2) is 4.98 Å². The van der Waals surface area contributed by atoms with Crippen LogP contribution in [0.4, 0.5) is 0 Å². The van der Waals surface area contributed by atoms with Crippen molar-refractivity contribution in [2.24, 2.45) is 0 Å². The Morgan fingerprint density at radius 2 is 2.07 bits per heavy atom. The zero-order valence-corrected chi connectivity index (χ0v) is 16.2. The average Bonchev–Trinajstić information content (AvgIpc) is 3.16. The first kappa shape index (κ1) is 19.4. The summed E-state index contributed by atoms with van der Waals surface area (Å²) in [5.41, 5.74) is 1.48. The Bertz CT molecular complexity index is 1050. The molecule has 0 fully saturated rings. The molecule has 1 aromatic heterocycles. The number of hydrogen-bond donors (Lipinski definition) is 3. The molecule has 0 saturated heterocycles. The van der Waals surface area contributed by atoms with Crippen molar-refractivity contribution in [3.05, 3.63) is 64.2 Å². The van der Waals surface area contributed by atoms with Crippen LogP contribution in [0.1, 0.15) is 11.4 Å². The summed E-state index contributed by atoms with van der Waals surface area (Å²) in [6, 6.07) is 12.9. The summed E-state index contributed by atoms with van der Waals surface area (Å²) in [5.74, 6) is 2.05. The molecule has 3 aromatic rings. The van der Waals surface area contributed by atoms with Crippen LogP contribution < -0.4 is 19.9 Å². The molecule has 8 heteroatoms. The van der Waals surface area contributed by atoms with Crippen molar-refractivity contribution in [3.8, 4) is 11.5 Å². The fourth-order valence-electron chi connectivity index (χ4n) is 3.38. The van der Waals surface area contributed by atoms with E-state index in [0.29, 0.717) is 42.2 Å². The van der Waals surface area contributed by atoms with Crippen LogP contribution in [-0.4, -0.2) is 48.2 Å². The van der Waals surface area contributed by atoms with E-state index in [1.165, 1.54) is 0 Å². The number of ether oxygens (including phenoxy) is 3. The Kier molecular flexibility index (Phi) is 5.75. The number of quaternary nitrogens is 1. The number of hydrogen-bond acceptors (Lipinski definition) is 6. The molecule has 2 atom stereocenters. The van der Waals surface area contributed by atoms with E-state index in [2.05, 4.69) is 9.97 Å². The van der Waals surface area contributed by atoms with Gasteiger partial charge < -0.3 is 29.2 Å². The third-order valence-electron chi connectivity index (χ3n) is 4.73. The van der Waals surface area contributed by atoms with Crippen LogP contribution in [-0.2, 0) is 17.9 Å². The second-order valence-corrected chi connectivity index (χ2v) is 7.22. The first-order valence-corrected chi connectivity index (χ1v) is 9.52. The van der Waals surface area contributed by atoms with Gasteiger partial charge in [0.2, 0.25) is 6.79 Å². The largest absolute Gasteiger partial charge is 0.454 e. The molecule has 2 aromatic carbocycles. The van der Waals surface area contributed by atoms with E-state index in [4.69, 9.17) is 14.2 Å². The van der Waals surface area contributed by atoms with Crippen molar-refractivity contribution in [1.82, 2.24) is 9.97 Å². The van der Waals surface area contributed by atoms with Crippen molar-refractivity contribution in [2.45, 2.75) is 19.3 Å². The Balaban J connectivity index is 1.26. The Morgan fingerprint density at radius 1 is 1.24 bits per heavy atom. The molecule has 1 aliphatic heterocycles. The fourth-order valence-corrected chi connectivity index (χ4v) is 3.38. The molecule has 3 N–H and O–H groups in total. The van der Waals surface area contributed by atoms with Crippen LogP contribution in [0.15, 0.2) is 47.3 Å². The molecule has 2 heterocycles. The quantitative estimate of drug-likeness (QED) is 0.503. The lowest BCUT2D eigenvalue weighted by Gasteiger charge is -2.18. The monoisotopic (exact) mass is 398 g/mol. The molecule has 0 bridgehead atoms. The number of fused-ring (bicyclic) bond motifs is 2. The highest BCUT2D eigenvalue weighted by Gasteiger charge is 2.16. The predicted molar refractivity (Wildman–Crippen MR) is 106 cm³/mol. The number of nitrogens with one attached hydrogen (secondary N) is 2. The van der Waals surface area contributed by atoms with E-state index in [0.717, 1.165) is 16.2 Å². The minimum absolute atomic E-state index is 0.147. The number of aliphatic hydroxyl groups is 1. The molecule has 4 rings (SSSR count). The maximum absolute atomic E-state index is 12.2. The van der Waals surface area contributed by atoms with E-state index in [-0.39, 0.29) is 19.0 Å². The molecule has 152 valence electrons. The first-order chi connectivity index (χ1) is 14.1. The SMILES string of the molecule is C[NH+](Cc1nc2ccccc2c(=O)[nH]1)C[C@H](O)COCc1ccc2c(c1)OCO2. The molecule has 1 unspecified atom stereocenters. The van der Waals surface area contributed by atoms with Gasteiger partial charge in [0.1, 0.15) is 19.2 Å². The highest BCUT2D eigenvalue weighted by molar-refractivity contribution is 5.77. The Hall–Kier alpha value is -2.94. The van der Waals surface area contributed by atoms with Crippen LogP contribution in [0, 0.1) is 0 Å². The van der Waals surface area contributed by atoms with Crippen molar-refractivity contribution in [3.63, 3.8) is 0 Å². The number of aromatic nitrogens is 2. The first-order valence-electron chi connectivity index (χ1n) is 9.52. The number of H-pyrrole nitrogens is 1. The lowest BCUT2D eigenvalue weighted by molar-refractivity contribution is -0.897. The predicted octanol–water partition coefficient (Wildman–Crippen LogP) is 0.244. The highest BCUT2D eigenvalue weighted by atomic mass is 16.7. The van der Waals surface area contributed by atoms with Crippen molar-refractivity contribution < 1.29 is 24.2 Å². The molecular formula is C21H24N3O5+. The molecule has 0 amide bonds. The maximum atomic E-state index is 12.2. The summed E-state index contributed by atoms with van der Waals surface area (Å²) in [6.45, 7) is 1.81. The van der Waals surface area contributed by atoms with Crippen molar-refractivity contribution in [2.75, 3.05) is 27.0 Å². The lowest BCUT2D eigenvalue weighted by Crippen LogP contribution is -3.09. The van der Waals surface area contributed by atoms with Crippen LogP contribution in [0.5, 0.6) is 11.5 Å². The summed E-state index contributed by atoms with van der Waals surface area (Å²) >= 11 is 0. The zero-order valence-electron chi connectivity index (χ0n) is 16.2. The average molecular weight is 398 g/mol. The second kappa shape index (κ2) is 8.60. The van der Waals surface area contributed by atoms with Crippen LogP contribution in [0.2, 0.25) is 0 Å². The minimum atomic E-state index is -0.629. The lowest BCUT2D eigenvalue weighted by atomic mass is 10.2. The summed E-state index contributed by atoms with van der Waals surface area (Å²) in [6.07, 6.45) is -0.629. The summed E-state index contributed by atoms with van der Waals surface area (Å²) in [7, 11) is 1.94. The van der Waals surface area contributed by atoms with Crippen molar-refractivity contribution >= 4 is 10.9 Å². The number of aliphatic hydroxyl groups excluding tert-OH is 1. The maximum Gasteiger partial charge on any atom is 0.258 e. The Morgan fingerprint density at radius 3 is 2.97 bits per heavy atom. The smallest absolute Gasteiger partial charge is 0.258 e. The summed E-state index contributed by atoms with van der Waals surface area (Å²) < 4.78 is 16.3. The van der Waals surface area contributed by atoms with Crippen molar-refractivity contribution in [1.29, 1.82) is 0 Å². The third kappa shape index (κ3) is 4.73. The molecule has 8 nitrogen and oxygen atoms in total. The molecular weight excluding hydrogens is 374 g/mol. The topological polar surface area (TPSA) is 98.1 Å². The van der Waals surface area contributed by atoms with E-state index < -0.39 is 6.10 Å². The number of nitrogens with zero attached hydrogens (tertiary/aromatic N) is 1. The minimum Gasteiger partial charge on any atom is -0.454 e. The number of likely N-dealkylation sites (N-methyl/N-ethyl adjacent to an activating group) is 1. The van der Waals surface area contributed by atoms with Gasteiger partial charge >= 0.3 is 0 Å². The van der Waals surface area contributed by atoms with Gasteiger partial charge in [-0.2, -0.15) is 0 Å². The van der Waals surface area contributed by atoms with Gasteiger partial charge in [-0.15, -0.1) is 0 Å². The second-order valence-electron chi connectivity index (χ2n) is 7.22. The zero-order chi connectivity index (χ0) is 20.2. The van der Waals surface area contributed by atoms with Gasteiger partial charge in [-0.05, 0) is 29.8 Å². The molecule has 0 radical (unpaired) electrons. The molecule has 29 heavy (non-hydrogen) atoms. The van der Waals surface area contributed by atoms with E-state index in [1.54, 1.807) is 6.07 Å². The summed E-state index contributed by atoms with van der Waals surface area (Å²) in [4.78, 5) is 20.5. The fraction of sp³-hybridized carbons (Fsp3) is 0.333. The number of para-hydroxylation sites is 1. The van der Waals surface area contributed by atoms with Crippen LogP contribution in [0.3, 0.4) is 0 Å². The Labute approximate surface area is 167 Å². The standard InChI is InChI=1S/C21H23N3O5/c1-24(10-20-22-17-5-3-2-4-16(17)21(26)23-20)9-15(25)12-27-11-14-6-7-18-19(8-14)29-13-28-18/h2-8,15,25H,9-13H2,1H3,(H,22,23,26)/p+1/t15-/m0/s1. The molecule has 0 aliphatic carbocycles. The van der Waals surface area contributed by atoms with Gasteiger partial charge in [0.25, 0.3) is 5.56 Å². The van der Waals surface area contributed by atoms with Gasteiger partial charge in [-0.1, -0.05) is 18.2 Å².